The van der Waals surface area contributed by atoms with Gasteiger partial charge >= 0.3 is 0 Å². The summed E-state index contributed by atoms with van der Waals surface area (Å²) in [5.41, 5.74) is 5.77. The van der Waals surface area contributed by atoms with E-state index in [4.69, 9.17) is 10.5 Å². The van der Waals surface area contributed by atoms with E-state index in [1.807, 2.05) is 0 Å². The van der Waals surface area contributed by atoms with Crippen LogP contribution in [0, 0.1) is 17.5 Å². The molecule has 2 aromatic rings. The van der Waals surface area contributed by atoms with Crippen molar-refractivity contribution in [2.24, 2.45) is 5.73 Å². The van der Waals surface area contributed by atoms with E-state index in [0.29, 0.717) is 4.47 Å². The summed E-state index contributed by atoms with van der Waals surface area (Å²) in [6, 6.07) is 5.66. The molecular formula is C14H11BrF3NO. The van der Waals surface area contributed by atoms with Gasteiger partial charge in [-0.15, -0.1) is 0 Å². The minimum Gasteiger partial charge on any atom is -0.454 e. The molecule has 20 heavy (non-hydrogen) atoms. The summed E-state index contributed by atoms with van der Waals surface area (Å²) in [5.74, 6) is -3.06. The normalized spacial score (nSPS) is 12.3. The van der Waals surface area contributed by atoms with Crippen LogP contribution < -0.4 is 10.5 Å². The van der Waals surface area contributed by atoms with Crippen molar-refractivity contribution < 1.29 is 17.9 Å². The number of halogens is 4. The van der Waals surface area contributed by atoms with E-state index in [0.717, 1.165) is 6.07 Å². The summed E-state index contributed by atoms with van der Waals surface area (Å²) in [6.45, 7) is 1.57. The molecule has 0 aromatic heterocycles. The molecule has 0 spiro atoms. The van der Waals surface area contributed by atoms with Crippen LogP contribution in [-0.4, -0.2) is 0 Å². The van der Waals surface area contributed by atoms with E-state index in [2.05, 4.69) is 15.9 Å². The second kappa shape index (κ2) is 5.85. The van der Waals surface area contributed by atoms with Gasteiger partial charge in [-0.1, -0.05) is 22.0 Å². The number of rotatable bonds is 3. The molecule has 0 aliphatic carbocycles. The second-order valence-corrected chi connectivity index (χ2v) is 5.16. The van der Waals surface area contributed by atoms with Gasteiger partial charge in [0.2, 0.25) is 5.82 Å². The van der Waals surface area contributed by atoms with Crippen LogP contribution in [0.25, 0.3) is 0 Å². The summed E-state index contributed by atoms with van der Waals surface area (Å²) < 4.78 is 46.3. The van der Waals surface area contributed by atoms with Gasteiger partial charge in [-0.05, 0) is 31.2 Å². The maximum absolute atomic E-state index is 13.7. The molecule has 2 rings (SSSR count). The molecular weight excluding hydrogens is 335 g/mol. The van der Waals surface area contributed by atoms with Gasteiger partial charge in [0, 0.05) is 16.1 Å². The summed E-state index contributed by atoms with van der Waals surface area (Å²) in [4.78, 5) is 0. The zero-order valence-corrected chi connectivity index (χ0v) is 12.0. The maximum atomic E-state index is 13.7. The highest BCUT2D eigenvalue weighted by Gasteiger charge is 2.17. The van der Waals surface area contributed by atoms with Crippen molar-refractivity contribution in [3.63, 3.8) is 0 Å². The lowest BCUT2D eigenvalue weighted by Gasteiger charge is -2.15. The summed E-state index contributed by atoms with van der Waals surface area (Å²) in [7, 11) is 0. The van der Waals surface area contributed by atoms with Crippen LogP contribution in [0.2, 0.25) is 0 Å². The number of hydrogen-bond donors (Lipinski definition) is 1. The van der Waals surface area contributed by atoms with Crippen LogP contribution in [0.15, 0.2) is 34.8 Å². The fraction of sp³-hybridized carbons (Fsp3) is 0.143. The SMILES string of the molecule is C[C@@H](N)c1c(F)cccc1Oc1cc(Br)cc(F)c1F. The van der Waals surface area contributed by atoms with Crippen LogP contribution in [0.5, 0.6) is 11.5 Å². The first-order chi connectivity index (χ1) is 9.40. The third-order valence-electron chi connectivity index (χ3n) is 2.65. The average molecular weight is 346 g/mol. The Labute approximate surface area is 122 Å². The highest BCUT2D eigenvalue weighted by atomic mass is 79.9. The Morgan fingerprint density at radius 3 is 2.45 bits per heavy atom. The number of hydrogen-bond acceptors (Lipinski definition) is 2. The van der Waals surface area contributed by atoms with Crippen LogP contribution >= 0.6 is 15.9 Å². The molecule has 2 N–H and O–H groups in total. The van der Waals surface area contributed by atoms with Crippen molar-refractivity contribution in [1.29, 1.82) is 0 Å². The fourth-order valence-corrected chi connectivity index (χ4v) is 2.18. The highest BCUT2D eigenvalue weighted by molar-refractivity contribution is 9.10. The first-order valence-electron chi connectivity index (χ1n) is 5.76. The zero-order valence-electron chi connectivity index (χ0n) is 10.5. The predicted molar refractivity (Wildman–Crippen MR) is 73.1 cm³/mol. The van der Waals surface area contributed by atoms with E-state index in [9.17, 15) is 13.2 Å². The van der Waals surface area contributed by atoms with E-state index in [1.165, 1.54) is 24.3 Å². The van der Waals surface area contributed by atoms with Crippen LogP contribution in [-0.2, 0) is 0 Å². The third kappa shape index (κ3) is 2.96. The monoisotopic (exact) mass is 345 g/mol. The lowest BCUT2D eigenvalue weighted by Crippen LogP contribution is -2.09. The Morgan fingerprint density at radius 1 is 1.10 bits per heavy atom. The number of ether oxygens (including phenoxy) is 1. The van der Waals surface area contributed by atoms with Crippen molar-refractivity contribution >= 4 is 15.9 Å². The molecule has 1 atom stereocenters. The van der Waals surface area contributed by atoms with Gasteiger partial charge < -0.3 is 10.5 Å². The summed E-state index contributed by atoms with van der Waals surface area (Å²) in [5, 5.41) is 0. The van der Waals surface area contributed by atoms with Crippen molar-refractivity contribution in [3.8, 4) is 11.5 Å². The van der Waals surface area contributed by atoms with Gasteiger partial charge in [0.1, 0.15) is 11.6 Å². The van der Waals surface area contributed by atoms with Gasteiger partial charge in [-0.3, -0.25) is 0 Å². The number of nitrogens with two attached hydrogens (primary N) is 1. The Bertz CT molecular complexity index is 647. The Kier molecular flexibility index (Phi) is 4.35. The van der Waals surface area contributed by atoms with Gasteiger partial charge in [0.05, 0.1) is 0 Å². The largest absolute Gasteiger partial charge is 0.454 e. The number of benzene rings is 2. The van der Waals surface area contributed by atoms with Gasteiger partial charge in [-0.2, -0.15) is 4.39 Å². The molecule has 0 heterocycles. The molecule has 0 radical (unpaired) electrons. The molecule has 0 fully saturated rings. The molecule has 2 nitrogen and oxygen atoms in total. The minimum absolute atomic E-state index is 0.0522. The van der Waals surface area contributed by atoms with Crippen LogP contribution in [0.3, 0.4) is 0 Å². The Balaban J connectivity index is 2.48. The molecule has 0 aliphatic rings. The topological polar surface area (TPSA) is 35.2 Å². The highest BCUT2D eigenvalue weighted by Crippen LogP contribution is 2.34. The molecule has 0 bridgehead atoms. The molecule has 0 amide bonds. The van der Waals surface area contributed by atoms with E-state index in [1.54, 1.807) is 6.92 Å². The van der Waals surface area contributed by atoms with Crippen molar-refractivity contribution in [3.05, 3.63) is 57.8 Å². The molecule has 0 unspecified atom stereocenters. The molecule has 0 aliphatic heterocycles. The zero-order chi connectivity index (χ0) is 14.9. The predicted octanol–water partition coefficient (Wildman–Crippen LogP) is 4.68. The van der Waals surface area contributed by atoms with Gasteiger partial charge in [0.15, 0.2) is 11.6 Å². The Hall–Kier alpha value is -1.53. The third-order valence-corrected chi connectivity index (χ3v) is 3.11. The lowest BCUT2D eigenvalue weighted by molar-refractivity contribution is 0.406. The van der Waals surface area contributed by atoms with Crippen LogP contribution in [0.1, 0.15) is 18.5 Å². The first-order valence-corrected chi connectivity index (χ1v) is 6.56. The standard InChI is InChI=1S/C14H11BrF3NO/c1-7(19)13-9(16)3-2-4-11(13)20-12-6-8(15)5-10(17)14(12)18/h2-7H,19H2,1H3/t7-/m1/s1. The minimum atomic E-state index is -1.15. The summed E-state index contributed by atoms with van der Waals surface area (Å²) >= 11 is 3.04. The molecule has 2 aromatic carbocycles. The van der Waals surface area contributed by atoms with Crippen LogP contribution in [0.4, 0.5) is 13.2 Å². The molecule has 0 saturated heterocycles. The van der Waals surface area contributed by atoms with E-state index >= 15 is 0 Å². The molecule has 106 valence electrons. The van der Waals surface area contributed by atoms with Gasteiger partial charge in [0.25, 0.3) is 0 Å². The van der Waals surface area contributed by atoms with Crippen molar-refractivity contribution in [1.82, 2.24) is 0 Å². The fourth-order valence-electron chi connectivity index (χ4n) is 1.77. The maximum Gasteiger partial charge on any atom is 0.201 e. The summed E-state index contributed by atoms with van der Waals surface area (Å²) in [6.07, 6.45) is 0. The second-order valence-electron chi connectivity index (χ2n) is 4.24. The van der Waals surface area contributed by atoms with E-state index in [-0.39, 0.29) is 17.1 Å². The van der Waals surface area contributed by atoms with Crippen molar-refractivity contribution in [2.75, 3.05) is 0 Å². The van der Waals surface area contributed by atoms with Gasteiger partial charge in [-0.25, -0.2) is 8.78 Å². The lowest BCUT2D eigenvalue weighted by atomic mass is 10.1. The average Bonchev–Trinajstić information content (AvgIpc) is 2.35. The quantitative estimate of drug-likeness (QED) is 0.819. The van der Waals surface area contributed by atoms with E-state index < -0.39 is 23.5 Å². The molecule has 0 saturated carbocycles. The Morgan fingerprint density at radius 2 is 1.80 bits per heavy atom. The van der Waals surface area contributed by atoms with Crippen molar-refractivity contribution in [2.45, 2.75) is 13.0 Å². The smallest absolute Gasteiger partial charge is 0.201 e. The molecule has 6 heteroatoms. The first kappa shape index (κ1) is 14.9.